The Balaban J connectivity index is 1.43. The molecule has 28 heavy (non-hydrogen) atoms. The number of benzene rings is 2. The Hall–Kier alpha value is -3.08. The van der Waals surface area contributed by atoms with E-state index < -0.39 is 0 Å². The second-order valence-electron chi connectivity index (χ2n) is 7.46. The number of Topliss-reactive ketones (excluding diaryl/α,β-unsaturated/α-hetero) is 1. The SMILES string of the molecule is Cc1ccc(OCC(=O)N[C@@H](C)c2cc3ccccc3o2)c2c1[C@H](C)CC2=O. The molecule has 0 aliphatic heterocycles. The smallest absolute Gasteiger partial charge is 0.258 e. The van der Waals surface area contributed by atoms with Crippen LogP contribution in [0.1, 0.15) is 59.5 Å². The van der Waals surface area contributed by atoms with E-state index in [1.54, 1.807) is 6.07 Å². The van der Waals surface area contributed by atoms with Crippen LogP contribution >= 0.6 is 0 Å². The van der Waals surface area contributed by atoms with Crippen LogP contribution in [0, 0.1) is 6.92 Å². The first-order valence-corrected chi connectivity index (χ1v) is 9.51. The van der Waals surface area contributed by atoms with Gasteiger partial charge >= 0.3 is 0 Å². The van der Waals surface area contributed by atoms with Gasteiger partial charge in [0.05, 0.1) is 11.6 Å². The Labute approximate surface area is 163 Å². The van der Waals surface area contributed by atoms with Gasteiger partial charge in [-0.1, -0.05) is 31.2 Å². The monoisotopic (exact) mass is 377 g/mol. The molecule has 1 heterocycles. The number of nitrogens with one attached hydrogen (secondary N) is 1. The number of aryl methyl sites for hydroxylation is 1. The minimum absolute atomic E-state index is 0.0808. The molecule has 0 radical (unpaired) electrons. The highest BCUT2D eigenvalue weighted by Gasteiger charge is 2.31. The molecule has 0 unspecified atom stereocenters. The normalized spacial score (nSPS) is 16.8. The topological polar surface area (TPSA) is 68.5 Å². The van der Waals surface area contributed by atoms with Gasteiger partial charge < -0.3 is 14.5 Å². The molecular weight excluding hydrogens is 354 g/mol. The zero-order chi connectivity index (χ0) is 19.8. The van der Waals surface area contributed by atoms with Crippen molar-refractivity contribution < 1.29 is 18.7 Å². The Kier molecular flexibility index (Phi) is 4.67. The lowest BCUT2D eigenvalue weighted by atomic mass is 9.97. The van der Waals surface area contributed by atoms with Gasteiger partial charge in [0.1, 0.15) is 17.1 Å². The number of hydrogen-bond donors (Lipinski definition) is 1. The number of hydrogen-bond acceptors (Lipinski definition) is 4. The van der Waals surface area contributed by atoms with E-state index in [4.69, 9.17) is 9.15 Å². The summed E-state index contributed by atoms with van der Waals surface area (Å²) in [5, 5.41) is 3.88. The van der Waals surface area contributed by atoms with Crippen LogP contribution in [-0.4, -0.2) is 18.3 Å². The number of rotatable bonds is 5. The minimum Gasteiger partial charge on any atom is -0.483 e. The third-order valence-corrected chi connectivity index (χ3v) is 5.30. The fourth-order valence-corrected chi connectivity index (χ4v) is 3.94. The number of ether oxygens (including phenoxy) is 1. The molecule has 0 fully saturated rings. The van der Waals surface area contributed by atoms with E-state index in [1.165, 1.54) is 0 Å². The van der Waals surface area contributed by atoms with Crippen molar-refractivity contribution in [1.29, 1.82) is 0 Å². The lowest BCUT2D eigenvalue weighted by Crippen LogP contribution is -2.31. The van der Waals surface area contributed by atoms with Gasteiger partial charge in [0.2, 0.25) is 0 Å². The Morgan fingerprint density at radius 3 is 2.86 bits per heavy atom. The molecule has 2 aromatic carbocycles. The number of fused-ring (bicyclic) bond motifs is 2. The van der Waals surface area contributed by atoms with Crippen LogP contribution in [0.2, 0.25) is 0 Å². The Morgan fingerprint density at radius 1 is 1.29 bits per heavy atom. The summed E-state index contributed by atoms with van der Waals surface area (Å²) in [6, 6.07) is 13.1. The van der Waals surface area contributed by atoms with Gasteiger partial charge in [-0.3, -0.25) is 9.59 Å². The first-order valence-electron chi connectivity index (χ1n) is 9.51. The molecule has 5 heteroatoms. The summed E-state index contributed by atoms with van der Waals surface area (Å²) >= 11 is 0. The third-order valence-electron chi connectivity index (χ3n) is 5.30. The number of carbonyl (C=O) groups excluding carboxylic acids is 2. The molecule has 5 nitrogen and oxygen atoms in total. The summed E-state index contributed by atoms with van der Waals surface area (Å²) in [5.41, 5.74) is 3.55. The fraction of sp³-hybridized carbons (Fsp3) is 0.304. The van der Waals surface area contributed by atoms with E-state index in [-0.39, 0.29) is 30.3 Å². The van der Waals surface area contributed by atoms with Gasteiger partial charge in [0, 0.05) is 11.8 Å². The standard InChI is InChI=1S/C23H23NO4/c1-13-8-9-19(23-17(25)10-14(2)22(13)23)27-12-21(26)24-15(3)20-11-16-6-4-5-7-18(16)28-20/h4-9,11,14-15H,10,12H2,1-3H3,(H,24,26)/t14-,15+/m1/s1. The van der Waals surface area contributed by atoms with Crippen LogP contribution in [0.25, 0.3) is 11.0 Å². The van der Waals surface area contributed by atoms with E-state index in [2.05, 4.69) is 5.32 Å². The number of para-hydroxylation sites is 1. The summed E-state index contributed by atoms with van der Waals surface area (Å²) in [4.78, 5) is 24.7. The van der Waals surface area contributed by atoms with Crippen LogP contribution in [0.3, 0.4) is 0 Å². The van der Waals surface area contributed by atoms with Crippen molar-refractivity contribution in [2.24, 2.45) is 0 Å². The van der Waals surface area contributed by atoms with Crippen LogP contribution in [-0.2, 0) is 4.79 Å². The van der Waals surface area contributed by atoms with Crippen molar-refractivity contribution in [1.82, 2.24) is 5.32 Å². The minimum atomic E-state index is -0.283. The van der Waals surface area contributed by atoms with E-state index in [9.17, 15) is 9.59 Å². The quantitative estimate of drug-likeness (QED) is 0.700. The summed E-state index contributed by atoms with van der Waals surface area (Å²) in [6.45, 7) is 5.76. The molecule has 1 amide bonds. The van der Waals surface area contributed by atoms with Gasteiger partial charge in [-0.15, -0.1) is 0 Å². The van der Waals surface area contributed by atoms with Gasteiger partial charge in [0.25, 0.3) is 5.91 Å². The van der Waals surface area contributed by atoms with Crippen LogP contribution < -0.4 is 10.1 Å². The summed E-state index contributed by atoms with van der Waals surface area (Å²) in [7, 11) is 0. The second kappa shape index (κ2) is 7.15. The molecule has 2 atom stereocenters. The largest absolute Gasteiger partial charge is 0.483 e. The number of carbonyl (C=O) groups is 2. The highest BCUT2D eigenvalue weighted by atomic mass is 16.5. The van der Waals surface area contributed by atoms with E-state index in [0.717, 1.165) is 22.1 Å². The summed E-state index contributed by atoms with van der Waals surface area (Å²) in [5.74, 6) is 1.18. The maximum atomic E-state index is 12.4. The fourth-order valence-electron chi connectivity index (χ4n) is 3.94. The third kappa shape index (κ3) is 3.28. The highest BCUT2D eigenvalue weighted by molar-refractivity contribution is 6.04. The summed E-state index contributed by atoms with van der Waals surface area (Å²) < 4.78 is 11.5. The summed E-state index contributed by atoms with van der Waals surface area (Å²) in [6.07, 6.45) is 0.492. The predicted molar refractivity (Wildman–Crippen MR) is 107 cm³/mol. The maximum Gasteiger partial charge on any atom is 0.258 e. The Bertz CT molecular complexity index is 1030. The molecule has 1 aliphatic rings. The average molecular weight is 377 g/mol. The number of furan rings is 1. The first kappa shape index (κ1) is 18.3. The molecule has 0 spiro atoms. The van der Waals surface area contributed by atoms with Crippen molar-refractivity contribution in [2.45, 2.75) is 39.2 Å². The zero-order valence-electron chi connectivity index (χ0n) is 16.2. The Morgan fingerprint density at radius 2 is 2.07 bits per heavy atom. The van der Waals surface area contributed by atoms with Gasteiger partial charge in [-0.25, -0.2) is 0 Å². The molecule has 1 aliphatic carbocycles. The maximum absolute atomic E-state index is 12.4. The molecule has 1 N–H and O–H groups in total. The second-order valence-corrected chi connectivity index (χ2v) is 7.46. The zero-order valence-corrected chi connectivity index (χ0v) is 16.2. The van der Waals surface area contributed by atoms with Gasteiger partial charge in [-0.2, -0.15) is 0 Å². The number of amides is 1. The van der Waals surface area contributed by atoms with Crippen molar-refractivity contribution in [2.75, 3.05) is 6.61 Å². The van der Waals surface area contributed by atoms with Crippen LogP contribution in [0.4, 0.5) is 0 Å². The lowest BCUT2D eigenvalue weighted by molar-refractivity contribution is -0.123. The van der Waals surface area contributed by atoms with Crippen molar-refractivity contribution >= 4 is 22.7 Å². The van der Waals surface area contributed by atoms with E-state index >= 15 is 0 Å². The van der Waals surface area contributed by atoms with Gasteiger partial charge in [0.15, 0.2) is 12.4 Å². The molecule has 0 bridgehead atoms. The highest BCUT2D eigenvalue weighted by Crippen LogP contribution is 2.40. The lowest BCUT2D eigenvalue weighted by Gasteiger charge is -2.15. The van der Waals surface area contributed by atoms with Crippen LogP contribution in [0.15, 0.2) is 46.9 Å². The molecule has 1 aromatic heterocycles. The van der Waals surface area contributed by atoms with E-state index in [0.29, 0.717) is 23.5 Å². The predicted octanol–water partition coefficient (Wildman–Crippen LogP) is 4.69. The molecule has 4 rings (SSSR count). The number of ketones is 1. The van der Waals surface area contributed by atoms with E-state index in [1.807, 2.05) is 57.2 Å². The first-order chi connectivity index (χ1) is 13.4. The molecule has 144 valence electrons. The van der Waals surface area contributed by atoms with Gasteiger partial charge in [-0.05, 0) is 49.1 Å². The molecular formula is C23H23NO4. The molecule has 0 saturated carbocycles. The van der Waals surface area contributed by atoms with Crippen molar-refractivity contribution in [3.05, 3.63) is 64.9 Å². The average Bonchev–Trinajstić information content (AvgIpc) is 3.23. The molecule has 0 saturated heterocycles. The molecule has 3 aromatic rings. The van der Waals surface area contributed by atoms with Crippen molar-refractivity contribution in [3.8, 4) is 5.75 Å². The van der Waals surface area contributed by atoms with Crippen LogP contribution in [0.5, 0.6) is 5.75 Å². The van der Waals surface area contributed by atoms with Crippen molar-refractivity contribution in [3.63, 3.8) is 0 Å².